The first-order valence-electron chi connectivity index (χ1n) is 7.97. The second kappa shape index (κ2) is 7.38. The van der Waals surface area contributed by atoms with Crippen molar-refractivity contribution in [3.8, 4) is 11.4 Å². The molecule has 2 aromatic rings. The third-order valence-electron chi connectivity index (χ3n) is 3.63. The average molecular weight is 345 g/mol. The lowest BCUT2D eigenvalue weighted by Crippen LogP contribution is -2.16. The summed E-state index contributed by atoms with van der Waals surface area (Å²) in [4.78, 5) is 22.7. The van der Waals surface area contributed by atoms with E-state index in [-0.39, 0.29) is 24.2 Å². The SMILES string of the molecule is COc1ccc(-n2nc(C(C)(C)C)cc2NC(=O)CCC(=O)O)cc1. The number of methoxy groups -OCH3 is 1. The molecule has 134 valence electrons. The van der Waals surface area contributed by atoms with Crippen molar-refractivity contribution in [1.82, 2.24) is 9.78 Å². The number of anilines is 1. The number of carbonyl (C=O) groups excluding carboxylic acids is 1. The highest BCUT2D eigenvalue weighted by molar-refractivity contribution is 5.92. The summed E-state index contributed by atoms with van der Waals surface area (Å²) in [5.74, 6) is -0.142. The van der Waals surface area contributed by atoms with Crippen LogP contribution in [0, 0.1) is 0 Å². The lowest BCUT2D eigenvalue weighted by atomic mass is 9.92. The highest BCUT2D eigenvalue weighted by atomic mass is 16.5. The molecule has 7 nitrogen and oxygen atoms in total. The Labute approximate surface area is 146 Å². The Morgan fingerprint density at radius 1 is 1.20 bits per heavy atom. The molecule has 0 fully saturated rings. The number of carboxylic acids is 1. The smallest absolute Gasteiger partial charge is 0.303 e. The number of amides is 1. The molecule has 0 unspecified atom stereocenters. The number of carbonyl (C=O) groups is 2. The van der Waals surface area contributed by atoms with Gasteiger partial charge >= 0.3 is 5.97 Å². The minimum atomic E-state index is -1.01. The summed E-state index contributed by atoms with van der Waals surface area (Å²) in [6, 6.07) is 9.10. The number of rotatable bonds is 6. The van der Waals surface area contributed by atoms with Crippen molar-refractivity contribution in [2.75, 3.05) is 12.4 Å². The summed E-state index contributed by atoms with van der Waals surface area (Å²) in [6.07, 6.45) is -0.303. The maximum Gasteiger partial charge on any atom is 0.303 e. The van der Waals surface area contributed by atoms with Crippen LogP contribution in [0.1, 0.15) is 39.3 Å². The van der Waals surface area contributed by atoms with E-state index >= 15 is 0 Å². The van der Waals surface area contributed by atoms with Crippen LogP contribution in [-0.4, -0.2) is 33.9 Å². The Morgan fingerprint density at radius 3 is 2.36 bits per heavy atom. The third kappa shape index (κ3) is 4.82. The predicted octanol–water partition coefficient (Wildman–Crippen LogP) is 2.98. The Bertz CT molecular complexity index is 758. The molecule has 0 radical (unpaired) electrons. The Kier molecular flexibility index (Phi) is 5.46. The number of aromatic nitrogens is 2. The van der Waals surface area contributed by atoms with Crippen molar-refractivity contribution in [1.29, 1.82) is 0 Å². The molecule has 1 aromatic carbocycles. The fourth-order valence-corrected chi connectivity index (χ4v) is 2.18. The minimum Gasteiger partial charge on any atom is -0.497 e. The first-order valence-corrected chi connectivity index (χ1v) is 7.97. The van der Waals surface area contributed by atoms with Crippen molar-refractivity contribution in [2.45, 2.75) is 39.0 Å². The van der Waals surface area contributed by atoms with Crippen molar-refractivity contribution >= 4 is 17.7 Å². The standard InChI is InChI=1S/C18H23N3O4/c1-18(2,3)14-11-15(19-16(22)9-10-17(23)24)21(20-14)12-5-7-13(25-4)8-6-12/h5-8,11H,9-10H2,1-4H3,(H,19,22)(H,23,24). The van der Waals surface area contributed by atoms with Gasteiger partial charge in [-0.3, -0.25) is 9.59 Å². The highest BCUT2D eigenvalue weighted by Crippen LogP contribution is 2.27. The van der Waals surface area contributed by atoms with Crippen LogP contribution in [0.2, 0.25) is 0 Å². The van der Waals surface area contributed by atoms with E-state index in [1.54, 1.807) is 11.8 Å². The van der Waals surface area contributed by atoms with Crippen LogP contribution >= 0.6 is 0 Å². The molecular weight excluding hydrogens is 322 g/mol. The number of hydrogen-bond acceptors (Lipinski definition) is 4. The summed E-state index contributed by atoms with van der Waals surface area (Å²) in [5, 5.41) is 16.1. The molecule has 0 saturated carbocycles. The Balaban J connectivity index is 2.34. The van der Waals surface area contributed by atoms with Gasteiger partial charge in [0.15, 0.2) is 0 Å². The molecule has 1 aromatic heterocycles. The maximum atomic E-state index is 12.0. The zero-order valence-corrected chi connectivity index (χ0v) is 14.9. The molecular formula is C18H23N3O4. The van der Waals surface area contributed by atoms with E-state index in [0.717, 1.165) is 17.1 Å². The quantitative estimate of drug-likeness (QED) is 0.839. The number of hydrogen-bond donors (Lipinski definition) is 2. The molecule has 0 atom stereocenters. The van der Waals surface area contributed by atoms with Crippen LogP contribution in [0.5, 0.6) is 5.75 Å². The van der Waals surface area contributed by atoms with Crippen LogP contribution in [0.3, 0.4) is 0 Å². The van der Waals surface area contributed by atoms with Crippen molar-refractivity contribution in [3.63, 3.8) is 0 Å². The lowest BCUT2D eigenvalue weighted by Gasteiger charge is -2.14. The van der Waals surface area contributed by atoms with Crippen molar-refractivity contribution in [2.24, 2.45) is 0 Å². The van der Waals surface area contributed by atoms with Gasteiger partial charge < -0.3 is 15.2 Å². The number of benzene rings is 1. The van der Waals surface area contributed by atoms with Gasteiger partial charge in [0.25, 0.3) is 0 Å². The summed E-state index contributed by atoms with van der Waals surface area (Å²) in [6.45, 7) is 6.09. The summed E-state index contributed by atoms with van der Waals surface area (Å²) in [5.41, 5.74) is 1.39. The van der Waals surface area contributed by atoms with Gasteiger partial charge in [-0.15, -0.1) is 0 Å². The van der Waals surface area contributed by atoms with Gasteiger partial charge in [-0.2, -0.15) is 5.10 Å². The van der Waals surface area contributed by atoms with Gasteiger partial charge in [0.05, 0.1) is 24.9 Å². The molecule has 2 N–H and O–H groups in total. The van der Waals surface area contributed by atoms with Crippen molar-refractivity contribution < 1.29 is 19.4 Å². The second-order valence-corrected chi connectivity index (χ2v) is 6.72. The fraction of sp³-hybridized carbons (Fsp3) is 0.389. The zero-order chi connectivity index (χ0) is 18.6. The zero-order valence-electron chi connectivity index (χ0n) is 14.9. The number of carboxylic acid groups (broad SMARTS) is 1. The van der Waals surface area contributed by atoms with Crippen LogP contribution in [0.25, 0.3) is 5.69 Å². The van der Waals surface area contributed by atoms with Gasteiger partial charge in [0.2, 0.25) is 5.91 Å². The number of ether oxygens (including phenoxy) is 1. The minimum absolute atomic E-state index is 0.0893. The molecule has 1 amide bonds. The molecule has 2 rings (SSSR count). The van der Waals surface area contributed by atoms with E-state index in [4.69, 9.17) is 9.84 Å². The topological polar surface area (TPSA) is 93.5 Å². The van der Waals surface area contributed by atoms with Crippen LogP contribution in [0.4, 0.5) is 5.82 Å². The molecule has 0 saturated heterocycles. The van der Waals surface area contributed by atoms with E-state index in [1.807, 2.05) is 51.1 Å². The molecule has 0 aliphatic rings. The largest absolute Gasteiger partial charge is 0.497 e. The first kappa shape index (κ1) is 18.5. The van der Waals surface area contributed by atoms with Crippen LogP contribution in [-0.2, 0) is 15.0 Å². The molecule has 7 heteroatoms. The molecule has 0 bridgehead atoms. The Morgan fingerprint density at radius 2 is 1.84 bits per heavy atom. The van der Waals surface area contributed by atoms with E-state index in [0.29, 0.717) is 5.82 Å². The monoisotopic (exact) mass is 345 g/mol. The molecule has 0 aliphatic heterocycles. The van der Waals surface area contributed by atoms with E-state index in [1.165, 1.54) is 0 Å². The van der Waals surface area contributed by atoms with Gasteiger partial charge in [-0.1, -0.05) is 20.8 Å². The highest BCUT2D eigenvalue weighted by Gasteiger charge is 2.21. The fourth-order valence-electron chi connectivity index (χ4n) is 2.18. The maximum absolute atomic E-state index is 12.0. The second-order valence-electron chi connectivity index (χ2n) is 6.72. The summed E-state index contributed by atoms with van der Waals surface area (Å²) >= 11 is 0. The third-order valence-corrected chi connectivity index (χ3v) is 3.63. The van der Waals surface area contributed by atoms with Gasteiger partial charge in [0, 0.05) is 17.9 Å². The normalized spacial score (nSPS) is 11.2. The van der Waals surface area contributed by atoms with Crippen LogP contribution < -0.4 is 10.1 Å². The number of nitrogens with zero attached hydrogens (tertiary/aromatic N) is 2. The number of nitrogens with one attached hydrogen (secondary N) is 1. The van der Waals surface area contributed by atoms with E-state index in [2.05, 4.69) is 10.4 Å². The lowest BCUT2D eigenvalue weighted by molar-refractivity contribution is -0.138. The van der Waals surface area contributed by atoms with Gasteiger partial charge in [-0.25, -0.2) is 4.68 Å². The molecule has 0 aliphatic carbocycles. The molecule has 1 heterocycles. The van der Waals surface area contributed by atoms with Gasteiger partial charge in [0.1, 0.15) is 11.6 Å². The molecule has 0 spiro atoms. The molecule has 25 heavy (non-hydrogen) atoms. The average Bonchev–Trinajstić information content (AvgIpc) is 2.97. The summed E-state index contributed by atoms with van der Waals surface area (Å²) in [7, 11) is 1.59. The predicted molar refractivity (Wildman–Crippen MR) is 94.3 cm³/mol. The first-order chi connectivity index (χ1) is 11.7. The Hall–Kier alpha value is -2.83. The van der Waals surface area contributed by atoms with E-state index in [9.17, 15) is 9.59 Å². The number of aliphatic carboxylic acids is 1. The van der Waals surface area contributed by atoms with E-state index < -0.39 is 5.97 Å². The van der Waals surface area contributed by atoms with Gasteiger partial charge in [-0.05, 0) is 24.3 Å². The van der Waals surface area contributed by atoms with Crippen LogP contribution in [0.15, 0.2) is 30.3 Å². The summed E-state index contributed by atoms with van der Waals surface area (Å²) < 4.78 is 6.80. The van der Waals surface area contributed by atoms with Crippen molar-refractivity contribution in [3.05, 3.63) is 36.0 Å².